The van der Waals surface area contributed by atoms with Gasteiger partial charge in [-0.15, -0.1) is 10.2 Å². The lowest BCUT2D eigenvalue weighted by molar-refractivity contribution is -0.139. The molecule has 0 radical (unpaired) electrons. The fourth-order valence-corrected chi connectivity index (χ4v) is 1.98. The normalized spacial score (nSPS) is 15.2. The van der Waals surface area contributed by atoms with E-state index in [1.165, 1.54) is 12.1 Å². The molecule has 0 unspecified atom stereocenters. The average molecular weight is 319 g/mol. The Morgan fingerprint density at radius 1 is 1.29 bits per heavy atom. The topological polar surface area (TPSA) is 48.2 Å². The third-order valence-electron chi connectivity index (χ3n) is 3.01. The maximum absolute atomic E-state index is 12.9. The van der Waals surface area contributed by atoms with E-state index in [1.807, 2.05) is 0 Å². The van der Waals surface area contributed by atoms with Crippen LogP contribution < -0.4 is 4.74 Å². The molecular formula is C13H10ClF3N2O2. The van der Waals surface area contributed by atoms with Gasteiger partial charge in [0, 0.05) is 10.9 Å². The molecule has 0 spiro atoms. The summed E-state index contributed by atoms with van der Waals surface area (Å²) >= 11 is 5.59. The predicted octanol–water partition coefficient (Wildman–Crippen LogP) is 4.20. The number of ether oxygens (including phenoxy) is 1. The van der Waals surface area contributed by atoms with Gasteiger partial charge in [0.25, 0.3) is 5.89 Å². The van der Waals surface area contributed by atoms with Crippen LogP contribution in [0.15, 0.2) is 22.6 Å². The average Bonchev–Trinajstić information content (AvgIpc) is 3.16. The molecule has 1 aliphatic rings. The molecule has 8 heteroatoms. The van der Waals surface area contributed by atoms with Crippen LogP contribution in [0.1, 0.15) is 36.1 Å². The summed E-state index contributed by atoms with van der Waals surface area (Å²) in [5, 5.41) is 7.58. The summed E-state index contributed by atoms with van der Waals surface area (Å²) in [6.45, 7) is -0.218. The van der Waals surface area contributed by atoms with Crippen molar-refractivity contribution < 1.29 is 22.3 Å². The highest BCUT2D eigenvalue weighted by Crippen LogP contribution is 2.40. The highest BCUT2D eigenvalue weighted by atomic mass is 35.5. The second-order valence-corrected chi connectivity index (χ2v) is 5.17. The molecule has 4 nitrogen and oxygen atoms in total. The molecular weight excluding hydrogens is 309 g/mol. The number of nitrogens with zero attached hydrogens (tertiary/aromatic N) is 2. The summed E-state index contributed by atoms with van der Waals surface area (Å²) in [4.78, 5) is 0. The van der Waals surface area contributed by atoms with Crippen LogP contribution in [0.5, 0.6) is 5.75 Å². The van der Waals surface area contributed by atoms with Gasteiger partial charge in [-0.1, -0.05) is 11.6 Å². The number of aromatic nitrogens is 2. The second-order valence-electron chi connectivity index (χ2n) is 4.74. The second kappa shape index (κ2) is 5.22. The number of halogens is 4. The minimum atomic E-state index is -4.55. The lowest BCUT2D eigenvalue weighted by atomic mass is 10.2. The molecule has 0 bridgehead atoms. The first kappa shape index (κ1) is 14.2. The Morgan fingerprint density at radius 3 is 2.71 bits per heavy atom. The van der Waals surface area contributed by atoms with E-state index in [9.17, 15) is 13.2 Å². The van der Waals surface area contributed by atoms with Crippen LogP contribution in [0.2, 0.25) is 5.02 Å². The van der Waals surface area contributed by atoms with Crippen LogP contribution in [0.3, 0.4) is 0 Å². The van der Waals surface area contributed by atoms with E-state index in [1.54, 1.807) is 0 Å². The zero-order valence-corrected chi connectivity index (χ0v) is 11.4. The van der Waals surface area contributed by atoms with Crippen LogP contribution in [0.25, 0.3) is 0 Å². The first-order valence-corrected chi connectivity index (χ1v) is 6.63. The first-order valence-electron chi connectivity index (χ1n) is 6.25. The third kappa shape index (κ3) is 3.29. The Hall–Kier alpha value is -1.76. The minimum Gasteiger partial charge on any atom is -0.483 e. The van der Waals surface area contributed by atoms with E-state index in [-0.39, 0.29) is 29.2 Å². The molecule has 0 aliphatic heterocycles. The van der Waals surface area contributed by atoms with Gasteiger partial charge in [0.1, 0.15) is 5.75 Å². The van der Waals surface area contributed by atoms with Crippen molar-refractivity contribution in [2.45, 2.75) is 31.5 Å². The van der Waals surface area contributed by atoms with Gasteiger partial charge >= 0.3 is 6.18 Å². The van der Waals surface area contributed by atoms with E-state index in [0.717, 1.165) is 18.9 Å². The van der Waals surface area contributed by atoms with Crippen molar-refractivity contribution in [3.8, 4) is 5.75 Å². The molecule has 3 rings (SSSR count). The minimum absolute atomic E-state index is 0.0107. The molecule has 0 saturated heterocycles. The van der Waals surface area contributed by atoms with Crippen LogP contribution in [0, 0.1) is 0 Å². The van der Waals surface area contributed by atoms with Crippen molar-refractivity contribution in [1.82, 2.24) is 10.2 Å². The van der Waals surface area contributed by atoms with Gasteiger partial charge < -0.3 is 9.15 Å². The van der Waals surface area contributed by atoms with E-state index in [0.29, 0.717) is 5.89 Å². The molecule has 0 amide bonds. The smallest absolute Gasteiger partial charge is 0.420 e. The van der Waals surface area contributed by atoms with Crippen molar-refractivity contribution >= 4 is 11.6 Å². The Labute approximate surface area is 122 Å². The first-order chi connectivity index (χ1) is 9.93. The van der Waals surface area contributed by atoms with E-state index in [4.69, 9.17) is 20.8 Å². The molecule has 2 aromatic rings. The van der Waals surface area contributed by atoms with Crippen molar-refractivity contribution in [2.75, 3.05) is 0 Å². The van der Waals surface area contributed by atoms with Gasteiger partial charge in [-0.3, -0.25) is 0 Å². The molecule has 1 aromatic heterocycles. The number of alkyl halides is 3. The van der Waals surface area contributed by atoms with Crippen molar-refractivity contribution in [1.29, 1.82) is 0 Å². The molecule has 112 valence electrons. The number of hydrogen-bond donors (Lipinski definition) is 0. The van der Waals surface area contributed by atoms with Gasteiger partial charge in [-0.05, 0) is 31.0 Å². The fourth-order valence-electron chi connectivity index (χ4n) is 1.81. The number of hydrogen-bond acceptors (Lipinski definition) is 4. The molecule has 21 heavy (non-hydrogen) atoms. The monoisotopic (exact) mass is 318 g/mol. The highest BCUT2D eigenvalue weighted by molar-refractivity contribution is 6.30. The van der Waals surface area contributed by atoms with Gasteiger partial charge in [-0.2, -0.15) is 13.2 Å². The van der Waals surface area contributed by atoms with E-state index in [2.05, 4.69) is 10.2 Å². The Morgan fingerprint density at radius 2 is 2.05 bits per heavy atom. The quantitative estimate of drug-likeness (QED) is 0.847. The third-order valence-corrected chi connectivity index (χ3v) is 3.24. The highest BCUT2D eigenvalue weighted by Gasteiger charge is 2.35. The number of rotatable bonds is 4. The zero-order chi connectivity index (χ0) is 15.0. The lowest BCUT2D eigenvalue weighted by Gasteiger charge is -2.13. The molecule has 0 atom stereocenters. The van der Waals surface area contributed by atoms with Gasteiger partial charge in [-0.25, -0.2) is 0 Å². The summed E-state index contributed by atoms with van der Waals surface area (Å²) in [7, 11) is 0. The van der Waals surface area contributed by atoms with Gasteiger partial charge in [0.2, 0.25) is 5.89 Å². The van der Waals surface area contributed by atoms with Gasteiger partial charge in [0.05, 0.1) is 5.56 Å². The van der Waals surface area contributed by atoms with E-state index >= 15 is 0 Å². The molecule has 1 fully saturated rings. The Kier molecular flexibility index (Phi) is 3.52. The summed E-state index contributed by atoms with van der Waals surface area (Å²) < 4.78 is 49.1. The maximum Gasteiger partial charge on any atom is 0.420 e. The lowest BCUT2D eigenvalue weighted by Crippen LogP contribution is -2.09. The largest absolute Gasteiger partial charge is 0.483 e. The molecule has 1 aromatic carbocycles. The summed E-state index contributed by atoms with van der Waals surface area (Å²) in [5.74, 6) is 0.631. The summed E-state index contributed by atoms with van der Waals surface area (Å²) in [6, 6.07) is 3.32. The van der Waals surface area contributed by atoms with Crippen LogP contribution in [-0.4, -0.2) is 10.2 Å². The molecule has 0 N–H and O–H groups in total. The molecule has 1 heterocycles. The van der Waals surface area contributed by atoms with Gasteiger partial charge in [0.15, 0.2) is 6.61 Å². The van der Waals surface area contributed by atoms with Crippen molar-refractivity contribution in [3.05, 3.63) is 40.6 Å². The molecule has 1 aliphatic carbocycles. The summed E-state index contributed by atoms with van der Waals surface area (Å²) in [5.41, 5.74) is -0.933. The Balaban J connectivity index is 1.74. The standard InChI is InChI=1S/C13H10ClF3N2O2/c14-8-3-4-10(9(5-8)13(15,16)17)20-6-11-18-19-12(21-11)7-1-2-7/h3-5,7H,1-2,6H2. The number of benzene rings is 1. The maximum atomic E-state index is 12.9. The summed E-state index contributed by atoms with van der Waals surface area (Å²) in [6.07, 6.45) is -2.55. The molecule has 1 saturated carbocycles. The van der Waals surface area contributed by atoms with Crippen LogP contribution in [-0.2, 0) is 12.8 Å². The SMILES string of the molecule is FC(F)(F)c1cc(Cl)ccc1OCc1nnc(C2CC2)o1. The fraction of sp³-hybridized carbons (Fsp3) is 0.385. The van der Waals surface area contributed by atoms with Crippen LogP contribution in [0.4, 0.5) is 13.2 Å². The van der Waals surface area contributed by atoms with Crippen molar-refractivity contribution in [2.24, 2.45) is 0 Å². The van der Waals surface area contributed by atoms with Crippen molar-refractivity contribution in [3.63, 3.8) is 0 Å². The van der Waals surface area contributed by atoms with E-state index < -0.39 is 11.7 Å². The zero-order valence-electron chi connectivity index (χ0n) is 10.7. The predicted molar refractivity (Wildman–Crippen MR) is 67.1 cm³/mol. The van der Waals surface area contributed by atoms with Crippen LogP contribution >= 0.6 is 11.6 Å². The Bertz CT molecular complexity index is 653.